The molecule has 35 heavy (non-hydrogen) atoms. The van der Waals surface area contributed by atoms with Gasteiger partial charge in [-0.15, -0.1) is 0 Å². The van der Waals surface area contributed by atoms with Crippen molar-refractivity contribution in [2.75, 3.05) is 5.73 Å². The van der Waals surface area contributed by atoms with Crippen LogP contribution in [0, 0.1) is 25.5 Å². The third-order valence-electron chi connectivity index (χ3n) is 7.07. The Morgan fingerprint density at radius 1 is 1.11 bits per heavy atom. The second-order valence-corrected chi connectivity index (χ2v) is 9.19. The van der Waals surface area contributed by atoms with Gasteiger partial charge in [-0.05, 0) is 72.9 Å². The normalized spacial score (nSPS) is 12.9. The van der Waals surface area contributed by atoms with Gasteiger partial charge in [-0.3, -0.25) is 4.79 Å². The lowest BCUT2D eigenvalue weighted by atomic mass is 9.91. The van der Waals surface area contributed by atoms with Crippen molar-refractivity contribution in [3.05, 3.63) is 94.6 Å². The summed E-state index contributed by atoms with van der Waals surface area (Å²) in [7, 11) is 2.00. The molecule has 0 saturated heterocycles. The summed E-state index contributed by atoms with van der Waals surface area (Å²) in [5.41, 5.74) is 13.8. The average molecular weight is 469 g/mol. The maximum absolute atomic E-state index is 14.1. The van der Waals surface area contributed by atoms with Crippen LogP contribution < -0.4 is 5.73 Å². The molecule has 7 heteroatoms. The Labute approximate surface area is 200 Å². The Morgan fingerprint density at radius 2 is 1.83 bits per heavy atom. The number of aryl methyl sites for hydroxylation is 3. The average Bonchev–Trinajstić information content (AvgIpc) is 3.28. The monoisotopic (exact) mass is 468 g/mol. The fraction of sp³-hybridized carbons (Fsp3) is 0.143. The minimum Gasteiger partial charge on any atom is -0.394 e. The highest BCUT2D eigenvalue weighted by atomic mass is 19.1. The van der Waals surface area contributed by atoms with E-state index >= 15 is 0 Å². The summed E-state index contributed by atoms with van der Waals surface area (Å²) in [6.07, 6.45) is 2.31. The van der Waals surface area contributed by atoms with Gasteiger partial charge in [0.1, 0.15) is 23.1 Å². The smallest absolute Gasteiger partial charge is 0.209 e. The molecule has 174 valence electrons. The molecule has 2 aromatic carbocycles. The zero-order chi connectivity index (χ0) is 24.8. The van der Waals surface area contributed by atoms with Crippen molar-refractivity contribution in [2.24, 2.45) is 7.05 Å². The van der Waals surface area contributed by atoms with Crippen LogP contribution in [0.4, 0.5) is 14.5 Å². The topological polar surface area (TPSA) is 65.3 Å². The number of nitrogen functional groups attached to an aromatic ring is 1. The lowest BCUT2D eigenvalue weighted by Gasteiger charge is -2.15. The van der Waals surface area contributed by atoms with E-state index in [-0.39, 0.29) is 5.56 Å². The summed E-state index contributed by atoms with van der Waals surface area (Å²) in [5.74, 6) is -1.48. The van der Waals surface area contributed by atoms with Gasteiger partial charge in [-0.25, -0.2) is 13.8 Å². The van der Waals surface area contributed by atoms with E-state index in [9.17, 15) is 13.6 Å². The summed E-state index contributed by atoms with van der Waals surface area (Å²) in [4.78, 5) is 18.2. The molecule has 0 aliphatic heterocycles. The van der Waals surface area contributed by atoms with E-state index in [0.29, 0.717) is 12.1 Å². The zero-order valence-corrected chi connectivity index (χ0v) is 19.5. The summed E-state index contributed by atoms with van der Waals surface area (Å²) in [6.45, 7) is 8.45. The Balaban J connectivity index is 1.64. The highest BCUT2D eigenvalue weighted by molar-refractivity contribution is 6.11. The fourth-order valence-corrected chi connectivity index (χ4v) is 5.29. The molecule has 0 amide bonds. The first kappa shape index (κ1) is 21.3. The van der Waals surface area contributed by atoms with Crippen molar-refractivity contribution in [3.63, 3.8) is 0 Å². The largest absolute Gasteiger partial charge is 0.394 e. The Hall–Kier alpha value is -4.26. The zero-order valence-electron chi connectivity index (χ0n) is 19.5. The lowest BCUT2D eigenvalue weighted by Crippen LogP contribution is -2.08. The van der Waals surface area contributed by atoms with E-state index in [1.807, 2.05) is 26.1 Å². The molecule has 3 aromatic heterocycles. The molecular formula is C28H22F2N4O. The molecule has 1 aliphatic carbocycles. The van der Waals surface area contributed by atoms with Crippen LogP contribution in [-0.2, 0) is 13.5 Å². The summed E-state index contributed by atoms with van der Waals surface area (Å²) in [5, 5.41) is 0. The Morgan fingerprint density at radius 3 is 2.54 bits per heavy atom. The molecule has 0 radical (unpaired) electrons. The van der Waals surface area contributed by atoms with Crippen molar-refractivity contribution in [2.45, 2.75) is 20.3 Å². The standard InChI is InChI=1S/C28H22F2N4O/c1-13-8-16-12-22(28(35)17-10-19(29)25(31)20(30)11-17)34-7-5-6-18(27(16)34)23-14(2)9-21-26(24(13)23)32-15(3)33(21)4/h5-7,9-12H,1,8,31H2,2-4H3. The second kappa shape index (κ2) is 7.12. The molecule has 0 spiro atoms. The molecular weight excluding hydrogens is 446 g/mol. The SMILES string of the molecule is C=C1Cc2cc(C(=O)c3cc(F)c(N)c(F)c3)n3cccc(c23)-c2c(C)cc3c(nc(C)n3C)c21. The maximum Gasteiger partial charge on any atom is 0.209 e. The van der Waals surface area contributed by atoms with E-state index in [4.69, 9.17) is 10.7 Å². The second-order valence-electron chi connectivity index (χ2n) is 9.19. The number of halogens is 2. The van der Waals surface area contributed by atoms with Gasteiger partial charge in [-0.2, -0.15) is 0 Å². The number of imidazole rings is 1. The number of hydrogen-bond donors (Lipinski definition) is 1. The Bertz CT molecular complexity index is 1750. The number of rotatable bonds is 2. The van der Waals surface area contributed by atoms with Crippen molar-refractivity contribution in [3.8, 4) is 11.1 Å². The summed E-state index contributed by atoms with van der Waals surface area (Å²) < 4.78 is 32.1. The van der Waals surface area contributed by atoms with E-state index in [2.05, 4.69) is 24.1 Å². The number of pyridine rings is 1. The van der Waals surface area contributed by atoms with Crippen molar-refractivity contribution in [1.29, 1.82) is 0 Å². The predicted molar refractivity (Wildman–Crippen MR) is 134 cm³/mol. The highest BCUT2D eigenvalue weighted by Crippen LogP contribution is 2.44. The number of nitrogens with two attached hydrogens (primary N) is 1. The van der Waals surface area contributed by atoms with Gasteiger partial charge >= 0.3 is 0 Å². The van der Waals surface area contributed by atoms with Crippen LogP contribution in [0.25, 0.3) is 33.3 Å². The molecule has 0 unspecified atom stereocenters. The van der Waals surface area contributed by atoms with Crippen LogP contribution in [0.1, 0.15) is 38.6 Å². The van der Waals surface area contributed by atoms with Gasteiger partial charge in [0.15, 0.2) is 0 Å². The van der Waals surface area contributed by atoms with Gasteiger partial charge in [0.2, 0.25) is 5.78 Å². The van der Waals surface area contributed by atoms with Crippen molar-refractivity contribution in [1.82, 2.24) is 14.0 Å². The third kappa shape index (κ3) is 2.84. The number of nitrogens with zero attached hydrogens (tertiary/aromatic N) is 3. The van der Waals surface area contributed by atoms with Crippen LogP contribution in [-0.4, -0.2) is 19.7 Å². The molecule has 3 heterocycles. The van der Waals surface area contributed by atoms with E-state index in [0.717, 1.165) is 67.9 Å². The van der Waals surface area contributed by atoms with Crippen LogP contribution in [0.15, 0.2) is 49.2 Å². The first-order valence-corrected chi connectivity index (χ1v) is 11.2. The van der Waals surface area contributed by atoms with Gasteiger partial charge in [0, 0.05) is 29.9 Å². The predicted octanol–water partition coefficient (Wildman–Crippen LogP) is 5.77. The highest BCUT2D eigenvalue weighted by Gasteiger charge is 2.28. The number of carbonyl (C=O) groups is 1. The first-order valence-electron chi connectivity index (χ1n) is 11.2. The summed E-state index contributed by atoms with van der Waals surface area (Å²) >= 11 is 0. The number of ketones is 1. The number of hydrogen-bond acceptors (Lipinski definition) is 3. The Kier molecular flexibility index (Phi) is 4.33. The van der Waals surface area contributed by atoms with E-state index in [1.165, 1.54) is 0 Å². The molecule has 6 rings (SSSR count). The molecule has 5 aromatic rings. The number of aromatic nitrogens is 3. The van der Waals surface area contributed by atoms with Crippen LogP contribution in [0.5, 0.6) is 0 Å². The molecule has 0 fully saturated rings. The molecule has 1 aliphatic rings. The number of fused-ring (bicyclic) bond motifs is 4. The molecule has 0 bridgehead atoms. The van der Waals surface area contributed by atoms with E-state index in [1.54, 1.807) is 16.7 Å². The molecule has 2 N–H and O–H groups in total. The number of benzene rings is 2. The quantitative estimate of drug-likeness (QED) is 0.264. The lowest BCUT2D eigenvalue weighted by molar-refractivity contribution is 0.103. The van der Waals surface area contributed by atoms with Gasteiger partial charge in [0.05, 0.1) is 22.2 Å². The minimum absolute atomic E-state index is 0.0938. The molecule has 0 saturated carbocycles. The first-order chi connectivity index (χ1) is 16.7. The fourth-order valence-electron chi connectivity index (χ4n) is 5.29. The van der Waals surface area contributed by atoms with Gasteiger partial charge < -0.3 is 14.7 Å². The van der Waals surface area contributed by atoms with Crippen LogP contribution >= 0.6 is 0 Å². The number of carbonyl (C=O) groups excluding carboxylic acids is 1. The van der Waals surface area contributed by atoms with Crippen molar-refractivity contribution >= 4 is 33.6 Å². The van der Waals surface area contributed by atoms with Crippen molar-refractivity contribution < 1.29 is 13.6 Å². The molecule has 5 nitrogen and oxygen atoms in total. The molecule has 0 atom stereocenters. The third-order valence-corrected chi connectivity index (χ3v) is 7.07. The van der Waals surface area contributed by atoms with Crippen LogP contribution in [0.3, 0.4) is 0 Å². The van der Waals surface area contributed by atoms with Gasteiger partial charge in [0.25, 0.3) is 0 Å². The van der Waals surface area contributed by atoms with Gasteiger partial charge in [-0.1, -0.05) is 12.6 Å². The number of allylic oxidation sites excluding steroid dienone is 1. The maximum atomic E-state index is 14.1. The number of anilines is 1. The summed E-state index contributed by atoms with van der Waals surface area (Å²) in [6, 6.07) is 9.79. The minimum atomic E-state index is -0.955. The van der Waals surface area contributed by atoms with Crippen LogP contribution in [0.2, 0.25) is 0 Å². The van der Waals surface area contributed by atoms with E-state index < -0.39 is 23.1 Å².